The van der Waals surface area contributed by atoms with Gasteiger partial charge in [-0.1, -0.05) is 13.3 Å². The normalized spacial score (nSPS) is 28.2. The topological polar surface area (TPSA) is 44.7 Å². The number of aryl methyl sites for hydroxylation is 1. The molecule has 1 aromatic rings. The summed E-state index contributed by atoms with van der Waals surface area (Å²) in [6.45, 7) is 5.62. The summed E-state index contributed by atoms with van der Waals surface area (Å²) in [5.74, 6) is 0.748. The molecule has 0 spiro atoms. The number of piperidine rings is 3. The van der Waals surface area contributed by atoms with E-state index in [9.17, 15) is 4.79 Å². The van der Waals surface area contributed by atoms with Crippen molar-refractivity contribution in [1.29, 1.82) is 0 Å². The molecule has 1 N–H and O–H groups in total. The standard InChI is InChI=1S/C20H27N3O/c1-2-3-17-6-4-15-12-16(5-7-18(15)21-17)20(24)22-19-13-23-10-8-14(19)9-11-23/h5,7,12,14,19H,2-4,6,8-11,13H2,1H3,(H,22,24). The molecule has 4 heterocycles. The number of fused-ring (bicyclic) bond motifs is 4. The van der Waals surface area contributed by atoms with E-state index in [1.54, 1.807) is 0 Å². The third-order valence-corrected chi connectivity index (χ3v) is 5.81. The minimum Gasteiger partial charge on any atom is -0.348 e. The maximum Gasteiger partial charge on any atom is 0.251 e. The van der Waals surface area contributed by atoms with Gasteiger partial charge in [0.1, 0.15) is 0 Å². The van der Waals surface area contributed by atoms with Crippen LogP contribution in [-0.2, 0) is 6.42 Å². The summed E-state index contributed by atoms with van der Waals surface area (Å²) in [5, 5.41) is 3.29. The lowest BCUT2D eigenvalue weighted by molar-refractivity contribution is 0.0620. The summed E-state index contributed by atoms with van der Waals surface area (Å²) in [7, 11) is 0. The van der Waals surface area contributed by atoms with Crippen LogP contribution in [0.3, 0.4) is 0 Å². The van der Waals surface area contributed by atoms with Gasteiger partial charge in [0.25, 0.3) is 5.91 Å². The summed E-state index contributed by atoms with van der Waals surface area (Å²) < 4.78 is 0. The number of nitrogens with one attached hydrogen (secondary N) is 1. The molecule has 4 heteroatoms. The fourth-order valence-electron chi connectivity index (χ4n) is 4.39. The largest absolute Gasteiger partial charge is 0.348 e. The molecule has 0 aliphatic carbocycles. The number of carbonyl (C=O) groups is 1. The van der Waals surface area contributed by atoms with Crippen LogP contribution < -0.4 is 5.32 Å². The van der Waals surface area contributed by atoms with Gasteiger partial charge in [0.2, 0.25) is 0 Å². The average Bonchev–Trinajstić information content (AvgIpc) is 2.62. The molecule has 0 saturated carbocycles. The van der Waals surface area contributed by atoms with Gasteiger partial charge in [-0.25, -0.2) is 0 Å². The number of rotatable bonds is 4. The predicted octanol–water partition coefficient (Wildman–Crippen LogP) is 3.33. The molecule has 4 nitrogen and oxygen atoms in total. The highest BCUT2D eigenvalue weighted by molar-refractivity contribution is 5.96. The van der Waals surface area contributed by atoms with Gasteiger partial charge < -0.3 is 10.2 Å². The number of nitrogens with zero attached hydrogens (tertiary/aromatic N) is 2. The van der Waals surface area contributed by atoms with E-state index in [1.165, 1.54) is 37.2 Å². The quantitative estimate of drug-likeness (QED) is 0.923. The van der Waals surface area contributed by atoms with Gasteiger partial charge in [-0.15, -0.1) is 0 Å². The smallest absolute Gasteiger partial charge is 0.251 e. The first kappa shape index (κ1) is 15.8. The average molecular weight is 325 g/mol. The van der Waals surface area contributed by atoms with E-state index in [0.29, 0.717) is 12.0 Å². The zero-order chi connectivity index (χ0) is 16.5. The van der Waals surface area contributed by atoms with E-state index in [1.807, 2.05) is 12.1 Å². The van der Waals surface area contributed by atoms with Crippen LogP contribution in [0.2, 0.25) is 0 Å². The second-order valence-electron chi connectivity index (χ2n) is 7.49. The van der Waals surface area contributed by atoms with Gasteiger partial charge in [0, 0.05) is 23.9 Å². The Morgan fingerprint density at radius 2 is 2.12 bits per heavy atom. The molecule has 24 heavy (non-hydrogen) atoms. The van der Waals surface area contributed by atoms with Crippen molar-refractivity contribution in [2.24, 2.45) is 10.9 Å². The highest BCUT2D eigenvalue weighted by atomic mass is 16.1. The van der Waals surface area contributed by atoms with E-state index in [0.717, 1.165) is 43.5 Å². The molecule has 128 valence electrons. The van der Waals surface area contributed by atoms with Crippen molar-refractivity contribution in [3.8, 4) is 0 Å². The number of benzene rings is 1. The number of aliphatic imine (C=N–C) groups is 1. The van der Waals surface area contributed by atoms with E-state index < -0.39 is 0 Å². The second-order valence-corrected chi connectivity index (χ2v) is 7.49. The molecule has 1 unspecified atom stereocenters. The molecular weight excluding hydrogens is 298 g/mol. The molecule has 3 fully saturated rings. The van der Waals surface area contributed by atoms with Crippen molar-refractivity contribution >= 4 is 17.3 Å². The molecule has 1 amide bonds. The number of hydrogen-bond donors (Lipinski definition) is 1. The maximum absolute atomic E-state index is 12.7. The van der Waals surface area contributed by atoms with Crippen molar-refractivity contribution in [2.45, 2.75) is 51.5 Å². The van der Waals surface area contributed by atoms with Crippen LogP contribution in [0.15, 0.2) is 23.2 Å². The van der Waals surface area contributed by atoms with Crippen LogP contribution in [0.1, 0.15) is 54.9 Å². The second kappa shape index (κ2) is 6.67. The van der Waals surface area contributed by atoms with Crippen LogP contribution in [0, 0.1) is 5.92 Å². The first-order chi connectivity index (χ1) is 11.7. The van der Waals surface area contributed by atoms with Gasteiger partial charge in [-0.05, 0) is 74.9 Å². The summed E-state index contributed by atoms with van der Waals surface area (Å²) in [5.41, 5.74) is 4.37. The molecule has 5 rings (SSSR count). The lowest BCUT2D eigenvalue weighted by atomic mass is 9.84. The van der Waals surface area contributed by atoms with Gasteiger partial charge in [-0.3, -0.25) is 9.79 Å². The summed E-state index contributed by atoms with van der Waals surface area (Å²) in [6, 6.07) is 6.34. The lowest BCUT2D eigenvalue weighted by Crippen LogP contribution is -2.57. The zero-order valence-electron chi connectivity index (χ0n) is 14.6. The van der Waals surface area contributed by atoms with Crippen LogP contribution in [-0.4, -0.2) is 42.2 Å². The van der Waals surface area contributed by atoms with Crippen LogP contribution in [0.4, 0.5) is 5.69 Å². The predicted molar refractivity (Wildman–Crippen MR) is 97.2 cm³/mol. The van der Waals surface area contributed by atoms with E-state index in [-0.39, 0.29) is 5.91 Å². The Morgan fingerprint density at radius 1 is 1.29 bits per heavy atom. The molecule has 4 aliphatic rings. The summed E-state index contributed by atoms with van der Waals surface area (Å²) in [6.07, 6.45) is 6.73. The fraction of sp³-hybridized carbons (Fsp3) is 0.600. The molecule has 1 atom stereocenters. The Balaban J connectivity index is 1.46. The minimum atomic E-state index is 0.0832. The van der Waals surface area contributed by atoms with Gasteiger partial charge >= 0.3 is 0 Å². The van der Waals surface area contributed by atoms with Crippen molar-refractivity contribution in [3.63, 3.8) is 0 Å². The first-order valence-electron chi connectivity index (χ1n) is 9.45. The highest BCUT2D eigenvalue weighted by Gasteiger charge is 2.35. The number of hydrogen-bond acceptors (Lipinski definition) is 3. The van der Waals surface area contributed by atoms with Crippen LogP contribution in [0.5, 0.6) is 0 Å². The Labute approximate surface area is 144 Å². The maximum atomic E-state index is 12.7. The monoisotopic (exact) mass is 325 g/mol. The number of amides is 1. The molecule has 1 aromatic carbocycles. The van der Waals surface area contributed by atoms with E-state index in [4.69, 9.17) is 4.99 Å². The lowest BCUT2D eigenvalue weighted by Gasteiger charge is -2.44. The molecular formula is C20H27N3O. The van der Waals surface area contributed by atoms with Gasteiger partial charge in [0.05, 0.1) is 5.69 Å². The van der Waals surface area contributed by atoms with Crippen molar-refractivity contribution < 1.29 is 4.79 Å². The van der Waals surface area contributed by atoms with Crippen LogP contribution in [0.25, 0.3) is 0 Å². The Morgan fingerprint density at radius 3 is 2.83 bits per heavy atom. The minimum absolute atomic E-state index is 0.0832. The molecule has 2 bridgehead atoms. The van der Waals surface area contributed by atoms with Crippen LogP contribution >= 0.6 is 0 Å². The summed E-state index contributed by atoms with van der Waals surface area (Å²) >= 11 is 0. The van der Waals surface area contributed by atoms with Crippen molar-refractivity contribution in [2.75, 3.05) is 19.6 Å². The zero-order valence-corrected chi connectivity index (χ0v) is 14.6. The molecule has 0 aromatic heterocycles. The fourth-order valence-corrected chi connectivity index (χ4v) is 4.39. The third kappa shape index (κ3) is 3.12. The Hall–Kier alpha value is -1.68. The first-order valence-corrected chi connectivity index (χ1v) is 9.45. The molecule has 0 radical (unpaired) electrons. The van der Waals surface area contributed by atoms with Crippen molar-refractivity contribution in [1.82, 2.24) is 10.2 Å². The van der Waals surface area contributed by atoms with Gasteiger partial charge in [0.15, 0.2) is 0 Å². The third-order valence-electron chi connectivity index (χ3n) is 5.81. The molecule has 4 aliphatic heterocycles. The summed E-state index contributed by atoms with van der Waals surface area (Å²) in [4.78, 5) is 19.9. The number of carbonyl (C=O) groups excluding carboxylic acids is 1. The highest BCUT2D eigenvalue weighted by Crippen LogP contribution is 2.29. The van der Waals surface area contributed by atoms with E-state index >= 15 is 0 Å². The Bertz CT molecular complexity index is 659. The molecule has 3 saturated heterocycles. The van der Waals surface area contributed by atoms with Gasteiger partial charge in [-0.2, -0.15) is 0 Å². The Kier molecular flexibility index (Phi) is 4.40. The van der Waals surface area contributed by atoms with Crippen molar-refractivity contribution in [3.05, 3.63) is 29.3 Å². The SMILES string of the molecule is CCCC1=Nc2ccc(C(=O)NC3CN4CCC3CC4)cc2CC1. The van der Waals surface area contributed by atoms with E-state index in [2.05, 4.69) is 23.2 Å².